The number of pyridine rings is 1. The van der Waals surface area contributed by atoms with E-state index in [1.54, 1.807) is 25.3 Å². The lowest BCUT2D eigenvalue weighted by atomic mass is 10.0. The van der Waals surface area contributed by atoms with Crippen LogP contribution in [0.4, 0.5) is 34.9 Å². The summed E-state index contributed by atoms with van der Waals surface area (Å²) in [4.78, 5) is 26.9. The van der Waals surface area contributed by atoms with Gasteiger partial charge in [0.25, 0.3) is 0 Å². The van der Waals surface area contributed by atoms with Crippen molar-refractivity contribution < 1.29 is 32.0 Å². The van der Waals surface area contributed by atoms with Gasteiger partial charge in [0.05, 0.1) is 16.1 Å². The minimum absolute atomic E-state index is 0.00588. The van der Waals surface area contributed by atoms with E-state index in [0.29, 0.717) is 31.4 Å². The number of nitrogen functional groups attached to an aromatic ring is 1. The summed E-state index contributed by atoms with van der Waals surface area (Å²) in [6, 6.07) is 4.77. The highest BCUT2D eigenvalue weighted by molar-refractivity contribution is 5.97. The van der Waals surface area contributed by atoms with Crippen LogP contribution in [0.3, 0.4) is 0 Å². The first kappa shape index (κ1) is 27.4. The van der Waals surface area contributed by atoms with Gasteiger partial charge >= 0.3 is 17.8 Å². The van der Waals surface area contributed by atoms with Gasteiger partial charge in [0, 0.05) is 42.7 Å². The number of aromatic nitrogens is 2. The van der Waals surface area contributed by atoms with Crippen LogP contribution >= 0.6 is 0 Å². The second-order valence-electron chi connectivity index (χ2n) is 9.16. The van der Waals surface area contributed by atoms with Crippen LogP contribution < -0.4 is 11.1 Å². The van der Waals surface area contributed by atoms with Gasteiger partial charge in [-0.05, 0) is 45.4 Å². The molecule has 2 aromatic heterocycles. The molecule has 0 bridgehead atoms. The van der Waals surface area contributed by atoms with E-state index in [4.69, 9.17) is 10.5 Å². The number of anilines is 2. The smallest absolute Gasteiger partial charge is 0.416 e. The van der Waals surface area contributed by atoms with Crippen LogP contribution in [0.25, 0.3) is 11.1 Å². The minimum atomic E-state index is -4.71. The fraction of sp³-hybridized carbons (Fsp3) is 0.333. The zero-order chi connectivity index (χ0) is 27.5. The fourth-order valence-corrected chi connectivity index (χ4v) is 3.46. The van der Waals surface area contributed by atoms with E-state index in [0.717, 1.165) is 12.1 Å². The molecule has 3 aromatic rings. The van der Waals surface area contributed by atoms with E-state index in [9.17, 15) is 32.5 Å². The van der Waals surface area contributed by atoms with Crippen LogP contribution in [0.2, 0.25) is 0 Å². The highest BCUT2D eigenvalue weighted by Gasteiger charge is 2.32. The van der Waals surface area contributed by atoms with Gasteiger partial charge in [-0.15, -0.1) is 0 Å². The number of halogens is 4. The SMILES string of the molecule is CC(C)(C)OC(=O)c1cn(CCCNc2ccc([N+](=O)[O-])c(N)n2)cc1-c1ccc(C(F)(F)F)cc1F. The number of nitrogens with zero attached hydrogens (tertiary/aromatic N) is 3. The lowest BCUT2D eigenvalue weighted by Crippen LogP contribution is -2.24. The van der Waals surface area contributed by atoms with E-state index < -0.39 is 34.1 Å². The molecule has 37 heavy (non-hydrogen) atoms. The Hall–Kier alpha value is -4.16. The Labute approximate surface area is 209 Å². The van der Waals surface area contributed by atoms with Crippen LogP contribution in [-0.2, 0) is 17.5 Å². The molecule has 3 N–H and O–H groups in total. The Kier molecular flexibility index (Phi) is 7.74. The summed E-state index contributed by atoms with van der Waals surface area (Å²) in [5.41, 5.74) is 3.21. The molecule has 9 nitrogen and oxygen atoms in total. The van der Waals surface area contributed by atoms with Crippen molar-refractivity contribution in [2.45, 2.75) is 45.5 Å². The zero-order valence-electron chi connectivity index (χ0n) is 20.2. The number of carbonyl (C=O) groups is 1. The van der Waals surface area contributed by atoms with E-state index in [1.807, 2.05) is 0 Å². The van der Waals surface area contributed by atoms with Crippen molar-refractivity contribution in [3.8, 4) is 11.1 Å². The number of hydrogen-bond donors (Lipinski definition) is 2. The average Bonchev–Trinajstić information content (AvgIpc) is 3.19. The molecule has 13 heteroatoms. The van der Waals surface area contributed by atoms with Crippen LogP contribution in [0.5, 0.6) is 0 Å². The Morgan fingerprint density at radius 3 is 2.43 bits per heavy atom. The van der Waals surface area contributed by atoms with Crippen LogP contribution in [0.15, 0.2) is 42.7 Å². The minimum Gasteiger partial charge on any atom is -0.456 e. The number of carbonyl (C=O) groups excluding carboxylic acids is 1. The Bertz CT molecular complexity index is 1320. The zero-order valence-corrected chi connectivity index (χ0v) is 20.2. The molecule has 0 amide bonds. The quantitative estimate of drug-likeness (QED) is 0.128. The molecule has 3 rings (SSSR count). The lowest BCUT2D eigenvalue weighted by Gasteiger charge is -2.19. The molecule has 0 fully saturated rings. The number of nitrogens with two attached hydrogens (primary N) is 1. The summed E-state index contributed by atoms with van der Waals surface area (Å²) in [6.07, 6.45) is -1.32. The van der Waals surface area contributed by atoms with Gasteiger partial charge in [-0.25, -0.2) is 14.2 Å². The van der Waals surface area contributed by atoms with E-state index >= 15 is 0 Å². The number of alkyl halides is 3. The maximum absolute atomic E-state index is 14.7. The predicted octanol–water partition coefficient (Wildman–Crippen LogP) is 5.66. The molecule has 0 saturated carbocycles. The normalized spacial score (nSPS) is 11.9. The maximum atomic E-state index is 14.7. The molecule has 0 saturated heterocycles. The van der Waals surface area contributed by atoms with Crippen molar-refractivity contribution in [3.63, 3.8) is 0 Å². The van der Waals surface area contributed by atoms with Gasteiger partial charge in [0.15, 0.2) is 0 Å². The second-order valence-corrected chi connectivity index (χ2v) is 9.16. The summed E-state index contributed by atoms with van der Waals surface area (Å²) in [5.74, 6) is -1.77. The molecule has 0 spiro atoms. The molecule has 0 aliphatic rings. The fourth-order valence-electron chi connectivity index (χ4n) is 3.46. The molecule has 0 radical (unpaired) electrons. The van der Waals surface area contributed by atoms with Crippen molar-refractivity contribution in [1.82, 2.24) is 9.55 Å². The second kappa shape index (κ2) is 10.4. The summed E-state index contributed by atoms with van der Waals surface area (Å²) < 4.78 is 60.7. The molecule has 198 valence electrons. The van der Waals surface area contributed by atoms with Crippen molar-refractivity contribution in [1.29, 1.82) is 0 Å². The number of nitro groups is 1. The van der Waals surface area contributed by atoms with Crippen molar-refractivity contribution >= 4 is 23.3 Å². The average molecular weight is 523 g/mol. The third-order valence-electron chi connectivity index (χ3n) is 5.08. The van der Waals surface area contributed by atoms with Crippen LogP contribution in [0.1, 0.15) is 43.1 Å². The third kappa shape index (κ3) is 6.96. The van der Waals surface area contributed by atoms with E-state index in [-0.39, 0.29) is 28.2 Å². The third-order valence-corrected chi connectivity index (χ3v) is 5.08. The molecule has 0 aliphatic carbocycles. The first-order chi connectivity index (χ1) is 17.2. The Balaban J connectivity index is 1.80. The molecule has 2 heterocycles. The van der Waals surface area contributed by atoms with Crippen LogP contribution in [0, 0.1) is 15.9 Å². The largest absolute Gasteiger partial charge is 0.456 e. The number of rotatable bonds is 8. The summed E-state index contributed by atoms with van der Waals surface area (Å²) in [5, 5.41) is 13.8. The summed E-state index contributed by atoms with van der Waals surface area (Å²) in [7, 11) is 0. The highest BCUT2D eigenvalue weighted by atomic mass is 19.4. The van der Waals surface area contributed by atoms with Gasteiger partial charge in [0.1, 0.15) is 17.2 Å². The molecule has 0 atom stereocenters. The number of benzene rings is 1. The Morgan fingerprint density at radius 2 is 1.86 bits per heavy atom. The highest BCUT2D eigenvalue weighted by Crippen LogP contribution is 2.35. The summed E-state index contributed by atoms with van der Waals surface area (Å²) >= 11 is 0. The number of nitrogens with one attached hydrogen (secondary N) is 1. The van der Waals surface area contributed by atoms with E-state index in [2.05, 4.69) is 10.3 Å². The van der Waals surface area contributed by atoms with E-state index in [1.165, 1.54) is 24.5 Å². The van der Waals surface area contributed by atoms with Gasteiger partial charge in [-0.1, -0.05) is 6.07 Å². The first-order valence-electron chi connectivity index (χ1n) is 11.1. The molecule has 1 aromatic carbocycles. The predicted molar refractivity (Wildman–Crippen MR) is 128 cm³/mol. The van der Waals surface area contributed by atoms with Gasteiger partial charge in [-0.3, -0.25) is 10.1 Å². The monoisotopic (exact) mass is 523 g/mol. The number of esters is 1. The van der Waals surface area contributed by atoms with Crippen molar-refractivity contribution in [2.24, 2.45) is 0 Å². The molecular weight excluding hydrogens is 498 g/mol. The molecule has 0 unspecified atom stereocenters. The summed E-state index contributed by atoms with van der Waals surface area (Å²) in [6.45, 7) is 5.68. The maximum Gasteiger partial charge on any atom is 0.416 e. The first-order valence-corrected chi connectivity index (χ1v) is 11.1. The van der Waals surface area contributed by atoms with Crippen molar-refractivity contribution in [2.75, 3.05) is 17.6 Å². The Morgan fingerprint density at radius 1 is 1.16 bits per heavy atom. The van der Waals surface area contributed by atoms with Crippen LogP contribution in [-0.4, -0.2) is 32.6 Å². The lowest BCUT2D eigenvalue weighted by molar-refractivity contribution is -0.384. The topological polar surface area (TPSA) is 125 Å². The van der Waals surface area contributed by atoms with Gasteiger partial charge in [-0.2, -0.15) is 13.2 Å². The standard InChI is InChI=1S/C24H25F4N5O4/c1-23(2,3)37-22(34)17-13-32(10-4-9-30-20-8-7-19(33(35)36)21(29)31-20)12-16(17)15-6-5-14(11-18(15)25)24(26,27)28/h5-8,11-13H,4,9-10H2,1-3H3,(H3,29,30,31). The number of ether oxygens (including phenoxy) is 1. The van der Waals surface area contributed by atoms with Gasteiger partial charge < -0.3 is 20.4 Å². The molecular formula is C24H25F4N5O4. The number of aryl methyl sites for hydroxylation is 1. The van der Waals surface area contributed by atoms with Gasteiger partial charge in [0.2, 0.25) is 5.82 Å². The number of hydrogen-bond acceptors (Lipinski definition) is 7. The molecule has 0 aliphatic heterocycles. The van der Waals surface area contributed by atoms with Crippen molar-refractivity contribution in [3.05, 3.63) is 69.8 Å².